The molecule has 0 spiro atoms. The highest BCUT2D eigenvalue weighted by atomic mass is 35.5. The standard InChI is InChI=1S/C15H14ClN5/c1-2-10-5-3-4-6-14(10)21-15(18-19-20-21)11-7-8-13(17)12(16)9-11/h3-9H,2,17H2,1H3. The molecule has 0 aliphatic rings. The van der Waals surface area contributed by atoms with Crippen molar-refractivity contribution in [2.24, 2.45) is 0 Å². The number of para-hydroxylation sites is 1. The van der Waals surface area contributed by atoms with Crippen molar-refractivity contribution < 1.29 is 0 Å². The first-order valence-electron chi connectivity index (χ1n) is 6.62. The van der Waals surface area contributed by atoms with E-state index in [-0.39, 0.29) is 0 Å². The summed E-state index contributed by atoms with van der Waals surface area (Å²) in [7, 11) is 0. The lowest BCUT2D eigenvalue weighted by Crippen LogP contribution is -2.03. The topological polar surface area (TPSA) is 69.6 Å². The van der Waals surface area contributed by atoms with Crippen LogP contribution >= 0.6 is 11.6 Å². The molecule has 3 aromatic rings. The highest BCUT2D eigenvalue weighted by Crippen LogP contribution is 2.27. The van der Waals surface area contributed by atoms with E-state index in [4.69, 9.17) is 17.3 Å². The summed E-state index contributed by atoms with van der Waals surface area (Å²) in [5, 5.41) is 12.5. The number of hydrogen-bond acceptors (Lipinski definition) is 4. The smallest absolute Gasteiger partial charge is 0.187 e. The van der Waals surface area contributed by atoms with Gasteiger partial charge in [0.1, 0.15) is 0 Å². The van der Waals surface area contributed by atoms with Crippen molar-refractivity contribution in [3.63, 3.8) is 0 Å². The van der Waals surface area contributed by atoms with Crippen molar-refractivity contribution in [3.05, 3.63) is 53.1 Å². The Morgan fingerprint density at radius 1 is 1.19 bits per heavy atom. The van der Waals surface area contributed by atoms with Crippen molar-refractivity contribution in [2.45, 2.75) is 13.3 Å². The maximum absolute atomic E-state index is 6.08. The summed E-state index contributed by atoms with van der Waals surface area (Å²) in [5.74, 6) is 0.637. The van der Waals surface area contributed by atoms with Gasteiger partial charge in [0.25, 0.3) is 0 Å². The van der Waals surface area contributed by atoms with Crippen LogP contribution in [0.3, 0.4) is 0 Å². The van der Waals surface area contributed by atoms with Crippen LogP contribution in [0.25, 0.3) is 17.1 Å². The zero-order chi connectivity index (χ0) is 14.8. The Kier molecular flexibility index (Phi) is 3.58. The van der Waals surface area contributed by atoms with Gasteiger partial charge in [-0.05, 0) is 46.7 Å². The SMILES string of the molecule is CCc1ccccc1-n1nnnc1-c1ccc(N)c(Cl)c1. The lowest BCUT2D eigenvalue weighted by molar-refractivity contribution is 0.783. The van der Waals surface area contributed by atoms with E-state index in [0.717, 1.165) is 17.7 Å². The minimum absolute atomic E-state index is 0.492. The molecule has 0 saturated heterocycles. The van der Waals surface area contributed by atoms with E-state index < -0.39 is 0 Å². The molecule has 0 radical (unpaired) electrons. The highest BCUT2D eigenvalue weighted by molar-refractivity contribution is 6.33. The number of benzene rings is 2. The van der Waals surface area contributed by atoms with E-state index in [1.165, 1.54) is 5.56 Å². The molecular formula is C15H14ClN5. The predicted octanol–water partition coefficient (Wildman–Crippen LogP) is 3.13. The van der Waals surface area contributed by atoms with Crippen LogP contribution in [0.2, 0.25) is 5.02 Å². The van der Waals surface area contributed by atoms with Gasteiger partial charge in [-0.2, -0.15) is 4.68 Å². The van der Waals surface area contributed by atoms with Crippen LogP contribution in [0.1, 0.15) is 12.5 Å². The summed E-state index contributed by atoms with van der Waals surface area (Å²) in [6.45, 7) is 2.10. The second kappa shape index (κ2) is 5.54. The van der Waals surface area contributed by atoms with Gasteiger partial charge in [0, 0.05) is 5.56 Å². The number of nitrogens with zero attached hydrogens (tertiary/aromatic N) is 4. The summed E-state index contributed by atoms with van der Waals surface area (Å²) in [6, 6.07) is 13.4. The van der Waals surface area contributed by atoms with Gasteiger partial charge in [-0.15, -0.1) is 5.10 Å². The summed E-state index contributed by atoms with van der Waals surface area (Å²) < 4.78 is 1.72. The Morgan fingerprint density at radius 3 is 2.76 bits per heavy atom. The van der Waals surface area contributed by atoms with Crippen LogP contribution < -0.4 is 5.73 Å². The number of nitrogens with two attached hydrogens (primary N) is 1. The van der Waals surface area contributed by atoms with Gasteiger partial charge in [-0.3, -0.25) is 0 Å². The van der Waals surface area contributed by atoms with Crippen LogP contribution in [0.5, 0.6) is 0 Å². The Balaban J connectivity index is 2.15. The predicted molar refractivity (Wildman–Crippen MR) is 83.4 cm³/mol. The number of aryl methyl sites for hydroxylation is 1. The molecule has 0 unspecified atom stereocenters. The number of anilines is 1. The molecule has 0 bridgehead atoms. The van der Waals surface area contributed by atoms with Gasteiger partial charge in [0.15, 0.2) is 5.82 Å². The fourth-order valence-electron chi connectivity index (χ4n) is 2.21. The first-order valence-corrected chi connectivity index (χ1v) is 7.00. The van der Waals surface area contributed by atoms with E-state index in [0.29, 0.717) is 16.5 Å². The molecular weight excluding hydrogens is 286 g/mol. The summed E-state index contributed by atoms with van der Waals surface area (Å²) >= 11 is 6.08. The molecule has 6 heteroatoms. The van der Waals surface area contributed by atoms with Crippen molar-refractivity contribution in [1.82, 2.24) is 20.2 Å². The molecule has 0 amide bonds. The number of hydrogen-bond donors (Lipinski definition) is 1. The second-order valence-corrected chi connectivity index (χ2v) is 5.04. The van der Waals surface area contributed by atoms with Crippen molar-refractivity contribution in [3.8, 4) is 17.1 Å². The second-order valence-electron chi connectivity index (χ2n) is 4.63. The van der Waals surface area contributed by atoms with E-state index in [9.17, 15) is 0 Å². The van der Waals surface area contributed by atoms with Gasteiger partial charge >= 0.3 is 0 Å². The third kappa shape index (κ3) is 2.48. The normalized spacial score (nSPS) is 10.8. The van der Waals surface area contributed by atoms with E-state index in [2.05, 4.69) is 28.5 Å². The molecule has 0 aliphatic carbocycles. The van der Waals surface area contributed by atoms with Crippen molar-refractivity contribution in [2.75, 3.05) is 5.73 Å². The van der Waals surface area contributed by atoms with Crippen molar-refractivity contribution in [1.29, 1.82) is 0 Å². The Bertz CT molecular complexity index is 781. The lowest BCUT2D eigenvalue weighted by atomic mass is 10.1. The van der Waals surface area contributed by atoms with Crippen LogP contribution in [0.15, 0.2) is 42.5 Å². The minimum Gasteiger partial charge on any atom is -0.398 e. The number of aromatic nitrogens is 4. The van der Waals surface area contributed by atoms with Gasteiger partial charge < -0.3 is 5.73 Å². The number of nitrogen functional groups attached to an aromatic ring is 1. The Hall–Kier alpha value is -2.40. The maximum Gasteiger partial charge on any atom is 0.187 e. The van der Waals surface area contributed by atoms with E-state index in [1.54, 1.807) is 16.8 Å². The average molecular weight is 300 g/mol. The third-order valence-corrected chi connectivity index (χ3v) is 3.66. The summed E-state index contributed by atoms with van der Waals surface area (Å²) in [5.41, 5.74) is 9.25. The number of rotatable bonds is 3. The Labute approximate surface area is 127 Å². The molecule has 5 nitrogen and oxygen atoms in total. The number of tetrazole rings is 1. The molecule has 106 valence electrons. The van der Waals surface area contributed by atoms with Gasteiger partial charge in [0.05, 0.1) is 16.4 Å². The van der Waals surface area contributed by atoms with Crippen LogP contribution in [-0.2, 0) is 6.42 Å². The monoisotopic (exact) mass is 299 g/mol. The largest absolute Gasteiger partial charge is 0.398 e. The molecule has 0 fully saturated rings. The molecule has 2 N–H and O–H groups in total. The molecule has 2 aromatic carbocycles. The quantitative estimate of drug-likeness (QED) is 0.754. The molecule has 0 saturated carbocycles. The molecule has 0 aliphatic heterocycles. The zero-order valence-electron chi connectivity index (χ0n) is 11.5. The van der Waals surface area contributed by atoms with E-state index >= 15 is 0 Å². The van der Waals surface area contributed by atoms with Crippen LogP contribution in [-0.4, -0.2) is 20.2 Å². The first-order chi connectivity index (χ1) is 10.2. The number of halogens is 1. The van der Waals surface area contributed by atoms with Crippen LogP contribution in [0.4, 0.5) is 5.69 Å². The molecule has 21 heavy (non-hydrogen) atoms. The van der Waals surface area contributed by atoms with Crippen LogP contribution in [0, 0.1) is 0 Å². The summed E-state index contributed by atoms with van der Waals surface area (Å²) in [4.78, 5) is 0. The van der Waals surface area contributed by atoms with E-state index in [1.807, 2.05) is 24.3 Å². The highest BCUT2D eigenvalue weighted by Gasteiger charge is 2.13. The van der Waals surface area contributed by atoms with Gasteiger partial charge in [0.2, 0.25) is 0 Å². The zero-order valence-corrected chi connectivity index (χ0v) is 12.2. The minimum atomic E-state index is 0.492. The first kappa shape index (κ1) is 13.6. The van der Waals surface area contributed by atoms with Gasteiger partial charge in [-0.1, -0.05) is 36.7 Å². The fourth-order valence-corrected chi connectivity index (χ4v) is 2.39. The molecule has 1 heterocycles. The fraction of sp³-hybridized carbons (Fsp3) is 0.133. The Morgan fingerprint density at radius 2 is 2.00 bits per heavy atom. The summed E-state index contributed by atoms with van der Waals surface area (Å²) in [6.07, 6.45) is 0.901. The third-order valence-electron chi connectivity index (χ3n) is 3.33. The maximum atomic E-state index is 6.08. The molecule has 3 rings (SSSR count). The average Bonchev–Trinajstić information content (AvgIpc) is 2.99. The molecule has 0 atom stereocenters. The molecule has 1 aromatic heterocycles. The van der Waals surface area contributed by atoms with Gasteiger partial charge in [-0.25, -0.2) is 0 Å². The lowest BCUT2D eigenvalue weighted by Gasteiger charge is -2.09. The van der Waals surface area contributed by atoms with Crippen molar-refractivity contribution >= 4 is 17.3 Å².